The first kappa shape index (κ1) is 24.1. The van der Waals surface area contributed by atoms with Crippen molar-refractivity contribution in [2.75, 3.05) is 6.61 Å². The van der Waals surface area contributed by atoms with Gasteiger partial charge in [-0.3, -0.25) is 4.57 Å². The van der Waals surface area contributed by atoms with E-state index < -0.39 is 36.0 Å². The smallest absolute Gasteiger partial charge is 0.338 e. The molecule has 1 aliphatic rings. The fraction of sp³-hybridized carbons (Fsp3) is 0.261. The average molecular weight is 676 g/mol. The van der Waals surface area contributed by atoms with Crippen LogP contribution in [0.5, 0.6) is 0 Å². The molecule has 4 rings (SSSR count). The number of imidazole rings is 1. The van der Waals surface area contributed by atoms with Crippen LogP contribution in [-0.2, 0) is 14.2 Å². The highest BCUT2D eigenvalue weighted by Crippen LogP contribution is 2.44. The fourth-order valence-corrected chi connectivity index (χ4v) is 4.51. The number of carbonyl (C=O) groups excluding carboxylic acids is 2. The summed E-state index contributed by atoms with van der Waals surface area (Å²) in [6, 6.07) is 16.7. The number of hydrogen-bond acceptors (Lipinski definition) is 6. The quantitative estimate of drug-likeness (QED) is 0.276. The number of hydrogen-bond donors (Lipinski definition) is 0. The summed E-state index contributed by atoms with van der Waals surface area (Å²) in [6.45, 7) is 1.02. The second-order valence-electron chi connectivity index (χ2n) is 7.57. The lowest BCUT2D eigenvalue weighted by atomic mass is 9.98. The minimum absolute atomic E-state index is 0.281. The van der Waals surface area contributed by atoms with E-state index >= 15 is 4.39 Å². The highest BCUT2D eigenvalue weighted by Gasteiger charge is 2.58. The zero-order chi connectivity index (χ0) is 23.6. The standard InChI is InChI=1S/C23H19FI2N2O5/c1-23(24)17(33-21(30)15-10-6-3-7-11-15)16(12-31-20(29)14-8-4-2-5-9-14)32-22(23)28-13-27-18(25)19(28)26/h2-11,13,16-17,22H,12H2,1H3/t16-,17-,22-,23-/m1/s1. The van der Waals surface area contributed by atoms with Crippen molar-refractivity contribution in [1.29, 1.82) is 0 Å². The minimum Gasteiger partial charge on any atom is -0.459 e. The van der Waals surface area contributed by atoms with Crippen molar-refractivity contribution in [1.82, 2.24) is 9.55 Å². The molecule has 0 bridgehead atoms. The second-order valence-corrected chi connectivity index (χ2v) is 9.61. The molecule has 10 heteroatoms. The van der Waals surface area contributed by atoms with Gasteiger partial charge in [0.2, 0.25) is 0 Å². The lowest BCUT2D eigenvalue weighted by Gasteiger charge is -2.28. The van der Waals surface area contributed by atoms with Crippen LogP contribution in [0.4, 0.5) is 4.39 Å². The van der Waals surface area contributed by atoms with E-state index in [1.807, 2.05) is 45.2 Å². The predicted octanol–water partition coefficient (Wildman–Crippen LogP) is 4.80. The molecule has 7 nitrogen and oxygen atoms in total. The lowest BCUT2D eigenvalue weighted by molar-refractivity contribution is -0.0638. The Morgan fingerprint density at radius 1 is 1.06 bits per heavy atom. The maximum absolute atomic E-state index is 16.2. The van der Waals surface area contributed by atoms with Gasteiger partial charge in [0.1, 0.15) is 20.1 Å². The Balaban J connectivity index is 1.59. The Labute approximate surface area is 216 Å². The molecule has 172 valence electrons. The number of rotatable bonds is 6. The normalized spacial score (nSPS) is 24.4. The third-order valence-electron chi connectivity index (χ3n) is 5.26. The Hall–Kier alpha value is -2.06. The van der Waals surface area contributed by atoms with Gasteiger partial charge in [0.25, 0.3) is 0 Å². The van der Waals surface area contributed by atoms with Crippen molar-refractivity contribution < 1.29 is 28.2 Å². The maximum atomic E-state index is 16.2. The summed E-state index contributed by atoms with van der Waals surface area (Å²) in [5, 5.41) is 0. The third-order valence-corrected chi connectivity index (χ3v) is 8.15. The van der Waals surface area contributed by atoms with Gasteiger partial charge < -0.3 is 14.2 Å². The van der Waals surface area contributed by atoms with Crippen LogP contribution >= 0.6 is 45.2 Å². The van der Waals surface area contributed by atoms with E-state index in [0.717, 1.165) is 0 Å². The molecule has 3 aromatic rings. The zero-order valence-electron chi connectivity index (χ0n) is 17.4. The molecule has 2 aromatic carbocycles. The summed E-state index contributed by atoms with van der Waals surface area (Å²) in [6.07, 6.45) is -2.01. The van der Waals surface area contributed by atoms with Crippen LogP contribution in [0.3, 0.4) is 0 Å². The molecule has 0 saturated carbocycles. The Morgan fingerprint density at radius 2 is 1.64 bits per heavy atom. The van der Waals surface area contributed by atoms with Crippen molar-refractivity contribution >= 4 is 57.1 Å². The summed E-state index contributed by atoms with van der Waals surface area (Å²) in [5.41, 5.74) is -1.49. The van der Waals surface area contributed by atoms with E-state index in [1.165, 1.54) is 13.3 Å². The third kappa shape index (κ3) is 5.06. The van der Waals surface area contributed by atoms with E-state index in [9.17, 15) is 9.59 Å². The molecule has 0 N–H and O–H groups in total. The van der Waals surface area contributed by atoms with Crippen LogP contribution in [0.15, 0.2) is 67.0 Å². The highest BCUT2D eigenvalue weighted by atomic mass is 127. The van der Waals surface area contributed by atoms with Gasteiger partial charge in [0.05, 0.1) is 17.5 Å². The fourth-order valence-electron chi connectivity index (χ4n) is 3.59. The monoisotopic (exact) mass is 676 g/mol. The molecule has 2 heterocycles. The Morgan fingerprint density at radius 3 is 2.18 bits per heavy atom. The number of benzene rings is 2. The molecule has 0 radical (unpaired) electrons. The molecular formula is C23H19FI2N2O5. The molecule has 0 spiro atoms. The molecule has 1 saturated heterocycles. The van der Waals surface area contributed by atoms with E-state index in [-0.39, 0.29) is 12.2 Å². The van der Waals surface area contributed by atoms with Crippen molar-refractivity contribution in [3.63, 3.8) is 0 Å². The van der Waals surface area contributed by atoms with Gasteiger partial charge in [0.15, 0.2) is 18.0 Å². The van der Waals surface area contributed by atoms with E-state index in [0.29, 0.717) is 13.0 Å². The number of carbonyl (C=O) groups is 2. The van der Waals surface area contributed by atoms with Gasteiger partial charge in [-0.2, -0.15) is 0 Å². The predicted molar refractivity (Wildman–Crippen MR) is 133 cm³/mol. The maximum Gasteiger partial charge on any atom is 0.338 e. The molecule has 0 aliphatic carbocycles. The molecule has 4 atom stereocenters. The van der Waals surface area contributed by atoms with Crippen molar-refractivity contribution in [3.05, 3.63) is 85.5 Å². The first-order valence-corrected chi connectivity index (χ1v) is 12.1. The SMILES string of the molecule is C[C@@]1(F)[C@H](OC(=O)c2ccccc2)[C@@H](COC(=O)c2ccccc2)O[C@H]1n1cnc(I)c1I. The van der Waals surface area contributed by atoms with Crippen LogP contribution in [-0.4, -0.2) is 46.0 Å². The van der Waals surface area contributed by atoms with E-state index in [2.05, 4.69) is 4.98 Å². The van der Waals surface area contributed by atoms with Crippen LogP contribution in [0.2, 0.25) is 0 Å². The van der Waals surface area contributed by atoms with E-state index in [1.54, 1.807) is 65.2 Å². The summed E-state index contributed by atoms with van der Waals surface area (Å²) < 4.78 is 36.1. The summed E-state index contributed by atoms with van der Waals surface area (Å²) >= 11 is 4.09. The topological polar surface area (TPSA) is 79.6 Å². The average Bonchev–Trinajstić information content (AvgIpc) is 3.28. The minimum atomic E-state index is -2.13. The zero-order valence-corrected chi connectivity index (χ0v) is 21.7. The van der Waals surface area contributed by atoms with Crippen molar-refractivity contribution in [2.24, 2.45) is 0 Å². The number of nitrogens with zero attached hydrogens (tertiary/aromatic N) is 2. The largest absolute Gasteiger partial charge is 0.459 e. The summed E-state index contributed by atoms with van der Waals surface area (Å²) in [7, 11) is 0. The number of ether oxygens (including phenoxy) is 3. The van der Waals surface area contributed by atoms with E-state index in [4.69, 9.17) is 14.2 Å². The molecule has 1 aromatic heterocycles. The first-order chi connectivity index (χ1) is 15.8. The molecule has 0 unspecified atom stereocenters. The summed E-state index contributed by atoms with van der Waals surface area (Å²) in [5.74, 6) is -1.27. The van der Waals surface area contributed by atoms with Gasteiger partial charge in [-0.1, -0.05) is 36.4 Å². The highest BCUT2D eigenvalue weighted by molar-refractivity contribution is 14.1. The molecule has 1 fully saturated rings. The lowest BCUT2D eigenvalue weighted by Crippen LogP contribution is -2.44. The molecule has 33 heavy (non-hydrogen) atoms. The van der Waals surface area contributed by atoms with Crippen LogP contribution in [0.1, 0.15) is 33.9 Å². The van der Waals surface area contributed by atoms with Crippen molar-refractivity contribution in [2.45, 2.75) is 31.0 Å². The van der Waals surface area contributed by atoms with Crippen LogP contribution < -0.4 is 0 Å². The Kier molecular flexibility index (Phi) is 7.34. The molecule has 0 amide bonds. The number of alkyl halides is 1. The van der Waals surface area contributed by atoms with Gasteiger partial charge in [-0.15, -0.1) is 0 Å². The molecular weight excluding hydrogens is 657 g/mol. The summed E-state index contributed by atoms with van der Waals surface area (Å²) in [4.78, 5) is 29.4. The van der Waals surface area contributed by atoms with Gasteiger partial charge in [0, 0.05) is 0 Å². The van der Waals surface area contributed by atoms with Gasteiger partial charge in [-0.25, -0.2) is 19.0 Å². The molecule has 1 aliphatic heterocycles. The number of esters is 2. The number of aromatic nitrogens is 2. The second kappa shape index (κ2) is 10.1. The van der Waals surface area contributed by atoms with Gasteiger partial charge in [-0.05, 0) is 76.4 Å². The number of halogens is 3. The first-order valence-electron chi connectivity index (χ1n) is 9.99. The Bertz CT molecular complexity index is 1140. The van der Waals surface area contributed by atoms with Crippen LogP contribution in [0.25, 0.3) is 0 Å². The van der Waals surface area contributed by atoms with Crippen molar-refractivity contribution in [3.8, 4) is 0 Å². The van der Waals surface area contributed by atoms with Gasteiger partial charge >= 0.3 is 11.9 Å². The van der Waals surface area contributed by atoms with Crippen LogP contribution in [0, 0.1) is 7.40 Å².